The third-order valence-electron chi connectivity index (χ3n) is 3.72. The van der Waals surface area contributed by atoms with Gasteiger partial charge in [-0.05, 0) is 31.6 Å². The zero-order valence-corrected chi connectivity index (χ0v) is 12.7. The zero-order chi connectivity index (χ0) is 13.5. The molecule has 0 bridgehead atoms. The van der Waals surface area contributed by atoms with Crippen LogP contribution in [0.15, 0.2) is 0 Å². The van der Waals surface area contributed by atoms with Gasteiger partial charge in [0.15, 0.2) is 0 Å². The van der Waals surface area contributed by atoms with E-state index in [9.17, 15) is 5.11 Å². The summed E-state index contributed by atoms with van der Waals surface area (Å²) < 4.78 is 0. The van der Waals surface area contributed by atoms with E-state index in [1.807, 2.05) is 0 Å². The monoisotopic (exact) mass is 256 g/mol. The summed E-state index contributed by atoms with van der Waals surface area (Å²) >= 11 is 0. The molecular weight excluding hydrogens is 224 g/mol. The van der Waals surface area contributed by atoms with E-state index >= 15 is 0 Å². The fourth-order valence-electron chi connectivity index (χ4n) is 2.57. The van der Waals surface area contributed by atoms with Crippen LogP contribution in [0.3, 0.4) is 0 Å². The lowest BCUT2D eigenvalue weighted by Crippen LogP contribution is -2.45. The molecule has 0 aliphatic heterocycles. The van der Waals surface area contributed by atoms with Crippen LogP contribution < -0.4 is 5.32 Å². The minimum absolute atomic E-state index is 0.232. The largest absolute Gasteiger partial charge is 0.390 e. The zero-order valence-electron chi connectivity index (χ0n) is 12.7. The van der Waals surface area contributed by atoms with Gasteiger partial charge in [-0.25, -0.2) is 0 Å². The lowest BCUT2D eigenvalue weighted by molar-refractivity contribution is 0.0747. The Labute approximate surface area is 113 Å². The van der Waals surface area contributed by atoms with Crippen molar-refractivity contribution in [3.05, 3.63) is 0 Å². The van der Waals surface area contributed by atoms with Gasteiger partial charge in [0.1, 0.15) is 0 Å². The van der Waals surface area contributed by atoms with Gasteiger partial charge in [0, 0.05) is 31.7 Å². The Morgan fingerprint density at radius 2 is 1.78 bits per heavy atom. The van der Waals surface area contributed by atoms with Crippen LogP contribution in [0, 0.1) is 5.92 Å². The molecule has 18 heavy (non-hydrogen) atoms. The van der Waals surface area contributed by atoms with Gasteiger partial charge >= 0.3 is 0 Å². The Morgan fingerprint density at radius 1 is 1.17 bits per heavy atom. The van der Waals surface area contributed by atoms with Crippen LogP contribution in [0.5, 0.6) is 0 Å². The number of hydrogen-bond acceptors (Lipinski definition) is 3. The fourth-order valence-corrected chi connectivity index (χ4v) is 2.57. The summed E-state index contributed by atoms with van der Waals surface area (Å²) in [7, 11) is 0. The average Bonchev–Trinajstić information content (AvgIpc) is 3.11. The second-order valence-electron chi connectivity index (χ2n) is 6.15. The van der Waals surface area contributed by atoms with Crippen LogP contribution in [-0.2, 0) is 0 Å². The first-order valence-electron chi connectivity index (χ1n) is 7.72. The van der Waals surface area contributed by atoms with Crippen molar-refractivity contribution in [2.24, 2.45) is 5.92 Å². The minimum atomic E-state index is -0.232. The molecule has 1 fully saturated rings. The van der Waals surface area contributed by atoms with Gasteiger partial charge in [-0.2, -0.15) is 0 Å². The SMILES string of the molecule is CCC(CC)N(CC(C)C)CC(O)CNC1CC1. The van der Waals surface area contributed by atoms with Crippen LogP contribution in [-0.4, -0.2) is 47.8 Å². The number of nitrogens with one attached hydrogen (secondary N) is 1. The van der Waals surface area contributed by atoms with Gasteiger partial charge < -0.3 is 10.4 Å². The van der Waals surface area contributed by atoms with E-state index in [2.05, 4.69) is 37.9 Å². The first-order valence-corrected chi connectivity index (χ1v) is 7.72. The summed E-state index contributed by atoms with van der Waals surface area (Å²) in [4.78, 5) is 2.48. The Hall–Kier alpha value is -0.120. The molecule has 0 saturated heterocycles. The number of hydrogen-bond donors (Lipinski definition) is 2. The van der Waals surface area contributed by atoms with Crippen molar-refractivity contribution in [2.75, 3.05) is 19.6 Å². The highest BCUT2D eigenvalue weighted by Crippen LogP contribution is 2.18. The maximum absolute atomic E-state index is 10.1. The summed E-state index contributed by atoms with van der Waals surface area (Å²) in [6.07, 6.45) is 4.69. The minimum Gasteiger partial charge on any atom is -0.390 e. The van der Waals surface area contributed by atoms with Gasteiger partial charge in [-0.3, -0.25) is 4.90 Å². The second-order valence-corrected chi connectivity index (χ2v) is 6.15. The average molecular weight is 256 g/mol. The molecule has 0 aromatic heterocycles. The van der Waals surface area contributed by atoms with Crippen molar-refractivity contribution in [2.45, 2.75) is 71.6 Å². The molecule has 1 unspecified atom stereocenters. The van der Waals surface area contributed by atoms with Crippen molar-refractivity contribution < 1.29 is 5.11 Å². The van der Waals surface area contributed by atoms with Gasteiger partial charge in [-0.15, -0.1) is 0 Å². The van der Waals surface area contributed by atoms with E-state index < -0.39 is 0 Å². The standard InChI is InChI=1S/C15H32N2O/c1-5-14(6-2)17(10-12(3)4)11-15(18)9-16-13-7-8-13/h12-16,18H,5-11H2,1-4H3. The molecule has 1 saturated carbocycles. The highest BCUT2D eigenvalue weighted by Gasteiger charge is 2.23. The molecule has 2 N–H and O–H groups in total. The molecule has 0 heterocycles. The van der Waals surface area contributed by atoms with Crippen molar-refractivity contribution >= 4 is 0 Å². The van der Waals surface area contributed by atoms with Crippen LogP contribution >= 0.6 is 0 Å². The van der Waals surface area contributed by atoms with E-state index in [0.29, 0.717) is 18.0 Å². The topological polar surface area (TPSA) is 35.5 Å². The van der Waals surface area contributed by atoms with E-state index in [1.54, 1.807) is 0 Å². The van der Waals surface area contributed by atoms with Crippen LogP contribution in [0.2, 0.25) is 0 Å². The van der Waals surface area contributed by atoms with Gasteiger partial charge in [0.05, 0.1) is 6.10 Å². The normalized spacial score (nSPS) is 18.0. The van der Waals surface area contributed by atoms with Gasteiger partial charge in [-0.1, -0.05) is 27.7 Å². The number of nitrogens with zero attached hydrogens (tertiary/aromatic N) is 1. The lowest BCUT2D eigenvalue weighted by atomic mass is 10.1. The van der Waals surface area contributed by atoms with E-state index in [1.165, 1.54) is 25.7 Å². The van der Waals surface area contributed by atoms with Gasteiger partial charge in [0.25, 0.3) is 0 Å². The van der Waals surface area contributed by atoms with E-state index in [0.717, 1.165) is 19.6 Å². The van der Waals surface area contributed by atoms with Crippen molar-refractivity contribution in [1.29, 1.82) is 0 Å². The molecule has 1 atom stereocenters. The number of aliphatic hydroxyl groups excluding tert-OH is 1. The molecule has 3 heteroatoms. The molecular formula is C15H32N2O. The first-order chi connectivity index (χ1) is 8.56. The summed E-state index contributed by atoms with van der Waals surface area (Å²) in [6, 6.07) is 1.30. The molecule has 0 aromatic rings. The Kier molecular flexibility index (Phi) is 7.20. The van der Waals surface area contributed by atoms with Gasteiger partial charge in [0.2, 0.25) is 0 Å². The molecule has 3 nitrogen and oxygen atoms in total. The van der Waals surface area contributed by atoms with Crippen LogP contribution in [0.1, 0.15) is 53.4 Å². The molecule has 108 valence electrons. The third-order valence-corrected chi connectivity index (χ3v) is 3.72. The predicted molar refractivity (Wildman–Crippen MR) is 77.8 cm³/mol. The van der Waals surface area contributed by atoms with Crippen molar-refractivity contribution in [1.82, 2.24) is 10.2 Å². The highest BCUT2D eigenvalue weighted by molar-refractivity contribution is 4.83. The Balaban J connectivity index is 2.36. The van der Waals surface area contributed by atoms with Crippen LogP contribution in [0.25, 0.3) is 0 Å². The molecule has 0 spiro atoms. The smallest absolute Gasteiger partial charge is 0.0791 e. The quantitative estimate of drug-likeness (QED) is 0.629. The number of rotatable bonds is 10. The van der Waals surface area contributed by atoms with Crippen molar-refractivity contribution in [3.8, 4) is 0 Å². The maximum atomic E-state index is 10.1. The third kappa shape index (κ3) is 6.17. The highest BCUT2D eigenvalue weighted by atomic mass is 16.3. The lowest BCUT2D eigenvalue weighted by Gasteiger charge is -2.33. The molecule has 0 radical (unpaired) electrons. The molecule has 0 amide bonds. The summed E-state index contributed by atoms with van der Waals surface area (Å²) in [6.45, 7) is 11.7. The van der Waals surface area contributed by atoms with Crippen molar-refractivity contribution in [3.63, 3.8) is 0 Å². The maximum Gasteiger partial charge on any atom is 0.0791 e. The molecule has 1 aliphatic rings. The van der Waals surface area contributed by atoms with E-state index in [4.69, 9.17) is 0 Å². The predicted octanol–water partition coefficient (Wildman–Crippen LogP) is 2.25. The second kappa shape index (κ2) is 8.13. The molecule has 0 aromatic carbocycles. The molecule has 1 rings (SSSR count). The summed E-state index contributed by atoms with van der Waals surface area (Å²) in [5.74, 6) is 0.661. The Bertz CT molecular complexity index is 213. The fraction of sp³-hybridized carbons (Fsp3) is 1.00. The van der Waals surface area contributed by atoms with Crippen LogP contribution in [0.4, 0.5) is 0 Å². The molecule has 1 aliphatic carbocycles. The Morgan fingerprint density at radius 3 is 2.22 bits per heavy atom. The first kappa shape index (κ1) is 15.9. The summed E-state index contributed by atoms with van der Waals surface area (Å²) in [5, 5.41) is 13.6. The van der Waals surface area contributed by atoms with E-state index in [-0.39, 0.29) is 6.10 Å². The number of aliphatic hydroxyl groups is 1. The summed E-state index contributed by atoms with van der Waals surface area (Å²) in [5.41, 5.74) is 0.